The Labute approximate surface area is 105 Å². The van der Waals surface area contributed by atoms with Crippen LogP contribution in [0.5, 0.6) is 0 Å². The zero-order valence-corrected chi connectivity index (χ0v) is 10.5. The highest BCUT2D eigenvalue weighted by atomic mass is 35.5. The fourth-order valence-electron chi connectivity index (χ4n) is 1.74. The van der Waals surface area contributed by atoms with Crippen LogP contribution < -0.4 is 0 Å². The molecular weight excluding hydrogens is 234 g/mol. The molecule has 0 saturated heterocycles. The first-order valence-electron chi connectivity index (χ1n) is 5.31. The van der Waals surface area contributed by atoms with Crippen LogP contribution in [0.1, 0.15) is 23.0 Å². The van der Waals surface area contributed by atoms with Gasteiger partial charge in [0.25, 0.3) is 0 Å². The Morgan fingerprint density at radius 3 is 2.71 bits per heavy atom. The number of ketones is 1. The minimum atomic E-state index is 0.00953. The number of benzene rings is 1. The smallest absolute Gasteiger partial charge is 0.159 e. The van der Waals surface area contributed by atoms with E-state index in [1.54, 1.807) is 12.3 Å². The first-order chi connectivity index (χ1) is 8.08. The Morgan fingerprint density at radius 1 is 1.29 bits per heavy atom. The van der Waals surface area contributed by atoms with Gasteiger partial charge in [-0.25, -0.2) is 0 Å². The molecular formula is C14H12ClNO. The summed E-state index contributed by atoms with van der Waals surface area (Å²) in [6.45, 7) is 3.47. The number of hydrogen-bond donors (Lipinski definition) is 0. The van der Waals surface area contributed by atoms with Crippen molar-refractivity contribution < 1.29 is 4.79 Å². The van der Waals surface area contributed by atoms with Gasteiger partial charge in [-0.15, -0.1) is 0 Å². The van der Waals surface area contributed by atoms with Gasteiger partial charge in [-0.2, -0.15) is 0 Å². The summed E-state index contributed by atoms with van der Waals surface area (Å²) in [7, 11) is 0. The molecule has 0 radical (unpaired) electrons. The Bertz CT molecular complexity index is 578. The molecule has 1 aromatic heterocycles. The molecule has 0 aliphatic rings. The van der Waals surface area contributed by atoms with Crippen molar-refractivity contribution in [3.05, 3.63) is 52.8 Å². The minimum Gasteiger partial charge on any atom is -0.295 e. The van der Waals surface area contributed by atoms with Crippen LogP contribution in [0.15, 0.2) is 36.5 Å². The van der Waals surface area contributed by atoms with Crippen molar-refractivity contribution in [3.63, 3.8) is 0 Å². The van der Waals surface area contributed by atoms with E-state index >= 15 is 0 Å². The maximum atomic E-state index is 11.4. The number of carbonyl (C=O) groups is 1. The third-order valence-electron chi connectivity index (χ3n) is 2.62. The molecule has 0 saturated carbocycles. The van der Waals surface area contributed by atoms with Gasteiger partial charge in [0, 0.05) is 28.0 Å². The normalized spacial score (nSPS) is 10.3. The van der Waals surface area contributed by atoms with Crippen molar-refractivity contribution in [2.75, 3.05) is 0 Å². The number of halogens is 1. The van der Waals surface area contributed by atoms with E-state index in [-0.39, 0.29) is 5.78 Å². The monoisotopic (exact) mass is 245 g/mol. The zero-order valence-electron chi connectivity index (χ0n) is 9.70. The fourth-order valence-corrected chi connectivity index (χ4v) is 1.97. The number of Topliss-reactive ketones (excluding diaryl/α,β-unsaturated/α-hetero) is 1. The number of aryl methyl sites for hydroxylation is 1. The van der Waals surface area contributed by atoms with Gasteiger partial charge in [0.2, 0.25) is 0 Å². The molecule has 0 aliphatic heterocycles. The maximum Gasteiger partial charge on any atom is 0.159 e. The summed E-state index contributed by atoms with van der Waals surface area (Å²) >= 11 is 6.02. The molecule has 86 valence electrons. The summed E-state index contributed by atoms with van der Waals surface area (Å²) in [5.74, 6) is 0.00953. The molecule has 2 aromatic rings. The van der Waals surface area contributed by atoms with Crippen LogP contribution in [0.3, 0.4) is 0 Å². The van der Waals surface area contributed by atoms with Crippen molar-refractivity contribution in [3.8, 4) is 11.1 Å². The lowest BCUT2D eigenvalue weighted by molar-refractivity contribution is 0.101. The predicted octanol–water partition coefficient (Wildman–Crippen LogP) is 3.91. The highest BCUT2D eigenvalue weighted by molar-refractivity contribution is 6.31. The van der Waals surface area contributed by atoms with Gasteiger partial charge in [0.1, 0.15) is 0 Å². The third kappa shape index (κ3) is 2.53. The average Bonchev–Trinajstić information content (AvgIpc) is 2.28. The summed E-state index contributed by atoms with van der Waals surface area (Å²) < 4.78 is 0. The largest absolute Gasteiger partial charge is 0.295 e. The van der Waals surface area contributed by atoms with Crippen molar-refractivity contribution >= 4 is 17.4 Å². The Kier molecular flexibility index (Phi) is 3.25. The Hall–Kier alpha value is -1.67. The van der Waals surface area contributed by atoms with Crippen molar-refractivity contribution in [1.82, 2.24) is 4.98 Å². The van der Waals surface area contributed by atoms with Crippen LogP contribution >= 0.6 is 11.6 Å². The van der Waals surface area contributed by atoms with Gasteiger partial charge in [-0.1, -0.05) is 17.7 Å². The molecule has 2 rings (SSSR count). The second kappa shape index (κ2) is 4.68. The van der Waals surface area contributed by atoms with Gasteiger partial charge in [-0.3, -0.25) is 9.78 Å². The van der Waals surface area contributed by atoms with Gasteiger partial charge >= 0.3 is 0 Å². The third-order valence-corrected chi connectivity index (χ3v) is 2.84. The summed E-state index contributed by atoms with van der Waals surface area (Å²) in [5.41, 5.74) is 3.46. The molecule has 0 aliphatic carbocycles. The fraction of sp³-hybridized carbons (Fsp3) is 0.143. The molecule has 1 aromatic carbocycles. The SMILES string of the molecule is CC(=O)c1cc(Cl)cc(-c2cccnc2C)c1. The lowest BCUT2D eigenvalue weighted by Crippen LogP contribution is -1.94. The van der Waals surface area contributed by atoms with E-state index in [1.165, 1.54) is 6.92 Å². The van der Waals surface area contributed by atoms with Gasteiger partial charge < -0.3 is 0 Å². The molecule has 0 amide bonds. The van der Waals surface area contributed by atoms with Crippen molar-refractivity contribution in [2.45, 2.75) is 13.8 Å². The number of aromatic nitrogens is 1. The molecule has 3 heteroatoms. The maximum absolute atomic E-state index is 11.4. The molecule has 17 heavy (non-hydrogen) atoms. The highest BCUT2D eigenvalue weighted by Crippen LogP contribution is 2.26. The summed E-state index contributed by atoms with van der Waals surface area (Å²) in [6, 6.07) is 9.21. The van der Waals surface area contributed by atoms with Crippen molar-refractivity contribution in [1.29, 1.82) is 0 Å². The summed E-state index contributed by atoms with van der Waals surface area (Å²) in [5, 5.41) is 0.566. The van der Waals surface area contributed by atoms with Gasteiger partial charge in [-0.05, 0) is 43.7 Å². The standard InChI is InChI=1S/C14H12ClNO/c1-9-14(4-3-5-16-9)12-6-11(10(2)17)7-13(15)8-12/h3-8H,1-2H3. The molecule has 2 nitrogen and oxygen atoms in total. The quantitative estimate of drug-likeness (QED) is 0.751. The predicted molar refractivity (Wildman–Crippen MR) is 69.4 cm³/mol. The first-order valence-corrected chi connectivity index (χ1v) is 5.69. The molecule has 0 unspecified atom stereocenters. The number of pyridine rings is 1. The zero-order chi connectivity index (χ0) is 12.4. The van der Waals surface area contributed by atoms with Crippen LogP contribution in [0.25, 0.3) is 11.1 Å². The number of carbonyl (C=O) groups excluding carboxylic acids is 1. The van der Waals surface area contributed by atoms with Crippen LogP contribution in [-0.4, -0.2) is 10.8 Å². The Morgan fingerprint density at radius 2 is 2.06 bits per heavy atom. The molecule has 1 heterocycles. The summed E-state index contributed by atoms with van der Waals surface area (Å²) in [6.07, 6.45) is 1.75. The number of hydrogen-bond acceptors (Lipinski definition) is 2. The van der Waals surface area contributed by atoms with Crippen LogP contribution in [0, 0.1) is 6.92 Å². The number of rotatable bonds is 2. The van der Waals surface area contributed by atoms with Gasteiger partial charge in [0.05, 0.1) is 0 Å². The lowest BCUT2D eigenvalue weighted by atomic mass is 10.0. The molecule has 0 atom stereocenters. The van der Waals surface area contributed by atoms with E-state index in [0.29, 0.717) is 10.6 Å². The molecule has 0 spiro atoms. The highest BCUT2D eigenvalue weighted by Gasteiger charge is 2.07. The van der Waals surface area contributed by atoms with E-state index in [2.05, 4.69) is 4.98 Å². The van der Waals surface area contributed by atoms with E-state index in [1.807, 2.05) is 31.2 Å². The van der Waals surface area contributed by atoms with Crippen molar-refractivity contribution in [2.24, 2.45) is 0 Å². The van der Waals surface area contributed by atoms with E-state index in [0.717, 1.165) is 16.8 Å². The van der Waals surface area contributed by atoms with Gasteiger partial charge in [0.15, 0.2) is 5.78 Å². The second-order valence-electron chi connectivity index (χ2n) is 3.92. The van der Waals surface area contributed by atoms with Crippen LogP contribution in [-0.2, 0) is 0 Å². The van der Waals surface area contributed by atoms with Crippen LogP contribution in [0.4, 0.5) is 0 Å². The lowest BCUT2D eigenvalue weighted by Gasteiger charge is -2.07. The van der Waals surface area contributed by atoms with E-state index < -0.39 is 0 Å². The van der Waals surface area contributed by atoms with Crippen LogP contribution in [0.2, 0.25) is 5.02 Å². The molecule has 0 N–H and O–H groups in total. The number of nitrogens with zero attached hydrogens (tertiary/aromatic N) is 1. The van der Waals surface area contributed by atoms with E-state index in [9.17, 15) is 4.79 Å². The topological polar surface area (TPSA) is 30.0 Å². The second-order valence-corrected chi connectivity index (χ2v) is 4.36. The van der Waals surface area contributed by atoms with E-state index in [4.69, 9.17) is 11.6 Å². The molecule has 0 bridgehead atoms. The average molecular weight is 246 g/mol. The first kappa shape index (κ1) is 11.8. The molecule has 0 fully saturated rings. The Balaban J connectivity index is 2.60. The summed E-state index contributed by atoms with van der Waals surface area (Å²) in [4.78, 5) is 15.6. The minimum absolute atomic E-state index is 0.00953.